The lowest BCUT2D eigenvalue weighted by atomic mass is 9.98. The number of nitrogens with one attached hydrogen (secondary N) is 1. The first kappa shape index (κ1) is 13.7. The fraction of sp³-hybridized carbons (Fsp3) is 0.438. The fourth-order valence-electron chi connectivity index (χ4n) is 2.79. The van der Waals surface area contributed by atoms with E-state index in [-0.39, 0.29) is 5.82 Å². The predicted octanol–water partition coefficient (Wildman–Crippen LogP) is 3.86. The van der Waals surface area contributed by atoms with Gasteiger partial charge < -0.3 is 5.32 Å². The number of benzene rings is 1. The smallest absolute Gasteiger partial charge is 0.126 e. The van der Waals surface area contributed by atoms with E-state index in [1.807, 2.05) is 12.1 Å². The molecular formula is C16H19FN2S. The molecule has 0 fully saturated rings. The molecule has 106 valence electrons. The molecule has 1 aliphatic rings. The molecular weight excluding hydrogens is 271 g/mol. The first-order valence-electron chi connectivity index (χ1n) is 7.23. The maximum atomic E-state index is 13.7. The van der Waals surface area contributed by atoms with Gasteiger partial charge in [0.25, 0.3) is 0 Å². The average molecular weight is 290 g/mol. The van der Waals surface area contributed by atoms with Crippen LogP contribution in [0.1, 0.15) is 46.9 Å². The van der Waals surface area contributed by atoms with Crippen molar-refractivity contribution < 1.29 is 4.39 Å². The zero-order valence-corrected chi connectivity index (χ0v) is 12.5. The number of thiazole rings is 1. The summed E-state index contributed by atoms with van der Waals surface area (Å²) in [7, 11) is 0. The number of nitrogens with zero attached hydrogens (tertiary/aromatic N) is 1. The Balaban J connectivity index is 1.84. The highest BCUT2D eigenvalue weighted by Gasteiger charge is 2.24. The van der Waals surface area contributed by atoms with E-state index in [0.29, 0.717) is 12.5 Å². The first-order chi connectivity index (χ1) is 9.78. The molecule has 0 aliphatic heterocycles. The molecule has 1 unspecified atom stereocenters. The van der Waals surface area contributed by atoms with Crippen molar-refractivity contribution in [3.8, 4) is 0 Å². The lowest BCUT2D eigenvalue weighted by Crippen LogP contribution is -2.23. The molecule has 3 rings (SSSR count). The summed E-state index contributed by atoms with van der Waals surface area (Å²) in [5.41, 5.74) is 1.96. The van der Waals surface area contributed by atoms with Crippen LogP contribution in [0.4, 0.5) is 4.39 Å². The van der Waals surface area contributed by atoms with E-state index in [4.69, 9.17) is 4.98 Å². The average Bonchev–Trinajstić information content (AvgIpc) is 2.85. The molecule has 2 aromatic rings. The van der Waals surface area contributed by atoms with Gasteiger partial charge in [-0.05, 0) is 37.4 Å². The Morgan fingerprint density at radius 1 is 1.40 bits per heavy atom. The van der Waals surface area contributed by atoms with E-state index in [2.05, 4.69) is 12.2 Å². The Hall–Kier alpha value is -1.26. The quantitative estimate of drug-likeness (QED) is 0.925. The SMILES string of the molecule is CCNC1CCCc2nc(Cc3ccccc3F)sc21. The summed E-state index contributed by atoms with van der Waals surface area (Å²) in [5.74, 6) is -0.135. The lowest BCUT2D eigenvalue weighted by molar-refractivity contribution is 0.476. The van der Waals surface area contributed by atoms with Crippen molar-refractivity contribution in [2.24, 2.45) is 0 Å². The van der Waals surface area contributed by atoms with Gasteiger partial charge in [-0.25, -0.2) is 9.37 Å². The highest BCUT2D eigenvalue weighted by molar-refractivity contribution is 7.11. The van der Waals surface area contributed by atoms with Gasteiger partial charge in [0.2, 0.25) is 0 Å². The van der Waals surface area contributed by atoms with Gasteiger partial charge in [-0.2, -0.15) is 0 Å². The minimum absolute atomic E-state index is 0.135. The van der Waals surface area contributed by atoms with Gasteiger partial charge in [-0.1, -0.05) is 25.1 Å². The normalized spacial score (nSPS) is 18.0. The van der Waals surface area contributed by atoms with Crippen molar-refractivity contribution in [3.63, 3.8) is 0 Å². The molecule has 0 radical (unpaired) electrons. The summed E-state index contributed by atoms with van der Waals surface area (Å²) in [5, 5.41) is 4.56. The molecule has 2 nitrogen and oxygen atoms in total. The van der Waals surface area contributed by atoms with Gasteiger partial charge in [0.05, 0.1) is 10.7 Å². The summed E-state index contributed by atoms with van der Waals surface area (Å²) >= 11 is 1.75. The highest BCUT2D eigenvalue weighted by Crippen LogP contribution is 2.34. The summed E-state index contributed by atoms with van der Waals surface area (Å²) < 4.78 is 13.7. The molecule has 0 amide bonds. The molecule has 0 spiro atoms. The second kappa shape index (κ2) is 6.02. The molecule has 1 atom stereocenters. The predicted molar refractivity (Wildman–Crippen MR) is 80.7 cm³/mol. The monoisotopic (exact) mass is 290 g/mol. The topological polar surface area (TPSA) is 24.9 Å². The van der Waals surface area contributed by atoms with E-state index < -0.39 is 0 Å². The van der Waals surface area contributed by atoms with E-state index in [1.165, 1.54) is 29.5 Å². The van der Waals surface area contributed by atoms with Crippen LogP contribution in [0.5, 0.6) is 0 Å². The molecule has 20 heavy (non-hydrogen) atoms. The Kier molecular flexibility index (Phi) is 4.13. The summed E-state index contributed by atoms with van der Waals surface area (Å²) in [6, 6.07) is 7.41. The Morgan fingerprint density at radius 2 is 2.25 bits per heavy atom. The van der Waals surface area contributed by atoms with Crippen molar-refractivity contribution in [2.45, 2.75) is 38.6 Å². The third-order valence-corrected chi connectivity index (χ3v) is 4.96. The Labute approximate surface area is 123 Å². The summed E-state index contributed by atoms with van der Waals surface area (Å²) in [6.45, 7) is 3.11. The number of aryl methyl sites for hydroxylation is 1. The van der Waals surface area contributed by atoms with Crippen molar-refractivity contribution >= 4 is 11.3 Å². The summed E-state index contributed by atoms with van der Waals surface area (Å²) in [6.07, 6.45) is 4.03. The van der Waals surface area contributed by atoms with Gasteiger partial charge in [-0.3, -0.25) is 0 Å². The second-order valence-electron chi connectivity index (χ2n) is 5.19. The molecule has 1 aromatic carbocycles. The van der Waals surface area contributed by atoms with E-state index >= 15 is 0 Å². The zero-order valence-electron chi connectivity index (χ0n) is 11.7. The van der Waals surface area contributed by atoms with Crippen LogP contribution < -0.4 is 5.32 Å². The van der Waals surface area contributed by atoms with Gasteiger partial charge in [0.1, 0.15) is 5.82 Å². The van der Waals surface area contributed by atoms with Crippen LogP contribution in [0.3, 0.4) is 0 Å². The van der Waals surface area contributed by atoms with Crippen LogP contribution in [0.25, 0.3) is 0 Å². The minimum Gasteiger partial charge on any atom is -0.309 e. The standard InChI is InChI=1S/C16H19FN2S/c1-2-18-13-8-5-9-14-16(13)20-15(19-14)10-11-6-3-4-7-12(11)17/h3-4,6-7,13,18H,2,5,8-10H2,1H3. The van der Waals surface area contributed by atoms with Crippen LogP contribution in [0.2, 0.25) is 0 Å². The van der Waals surface area contributed by atoms with Gasteiger partial charge in [-0.15, -0.1) is 11.3 Å². The highest BCUT2D eigenvalue weighted by atomic mass is 32.1. The maximum Gasteiger partial charge on any atom is 0.126 e. The fourth-order valence-corrected chi connectivity index (χ4v) is 4.04. The molecule has 1 heterocycles. The van der Waals surface area contributed by atoms with Crippen LogP contribution in [0.15, 0.2) is 24.3 Å². The molecule has 4 heteroatoms. The van der Waals surface area contributed by atoms with Crippen LogP contribution >= 0.6 is 11.3 Å². The number of hydrogen-bond acceptors (Lipinski definition) is 3. The maximum absolute atomic E-state index is 13.7. The van der Waals surface area contributed by atoms with Crippen molar-refractivity contribution in [1.29, 1.82) is 0 Å². The van der Waals surface area contributed by atoms with Crippen molar-refractivity contribution in [3.05, 3.63) is 51.2 Å². The molecule has 0 bridgehead atoms. The lowest BCUT2D eigenvalue weighted by Gasteiger charge is -2.21. The van der Waals surface area contributed by atoms with E-state index in [0.717, 1.165) is 23.5 Å². The number of hydrogen-bond donors (Lipinski definition) is 1. The Morgan fingerprint density at radius 3 is 3.05 bits per heavy atom. The molecule has 1 aliphatic carbocycles. The largest absolute Gasteiger partial charge is 0.309 e. The van der Waals surface area contributed by atoms with Crippen LogP contribution in [-0.4, -0.2) is 11.5 Å². The minimum atomic E-state index is -0.135. The van der Waals surface area contributed by atoms with Gasteiger partial charge >= 0.3 is 0 Å². The zero-order chi connectivity index (χ0) is 13.9. The summed E-state index contributed by atoms with van der Waals surface area (Å²) in [4.78, 5) is 6.10. The second-order valence-corrected chi connectivity index (χ2v) is 6.30. The molecule has 1 N–H and O–H groups in total. The number of rotatable bonds is 4. The molecule has 0 saturated carbocycles. The van der Waals surface area contributed by atoms with Crippen molar-refractivity contribution in [1.82, 2.24) is 10.3 Å². The molecule has 0 saturated heterocycles. The third kappa shape index (κ3) is 2.76. The number of aromatic nitrogens is 1. The van der Waals surface area contributed by atoms with Crippen LogP contribution in [-0.2, 0) is 12.8 Å². The van der Waals surface area contributed by atoms with Gasteiger partial charge in [0.15, 0.2) is 0 Å². The third-order valence-electron chi connectivity index (χ3n) is 3.74. The van der Waals surface area contributed by atoms with Gasteiger partial charge in [0, 0.05) is 17.3 Å². The first-order valence-corrected chi connectivity index (χ1v) is 8.05. The van der Waals surface area contributed by atoms with E-state index in [1.54, 1.807) is 17.4 Å². The Bertz CT molecular complexity index is 594. The number of fused-ring (bicyclic) bond motifs is 1. The molecule has 1 aromatic heterocycles. The van der Waals surface area contributed by atoms with Crippen LogP contribution in [0, 0.1) is 5.82 Å². The van der Waals surface area contributed by atoms with Crippen molar-refractivity contribution in [2.75, 3.05) is 6.54 Å². The van der Waals surface area contributed by atoms with E-state index in [9.17, 15) is 4.39 Å². The number of halogens is 1.